The molecule has 2 aliphatic heterocycles. The number of carbonyl (C=O) groups excluding carboxylic acids is 2. The molecule has 54 heavy (non-hydrogen) atoms. The summed E-state index contributed by atoms with van der Waals surface area (Å²) < 4.78 is 54.0. The molecule has 0 bridgehead atoms. The minimum absolute atomic E-state index is 0.00315. The van der Waals surface area contributed by atoms with Gasteiger partial charge in [-0.15, -0.1) is 11.6 Å². The van der Waals surface area contributed by atoms with E-state index < -0.39 is 42.5 Å². The van der Waals surface area contributed by atoms with Gasteiger partial charge in [0.25, 0.3) is 0 Å². The molecule has 0 aromatic heterocycles. The number of allylic oxidation sites excluding steroid dienone is 3. The number of hydrogen-bond donors (Lipinski definition) is 0. The zero-order valence-electron chi connectivity index (χ0n) is 35.0. The van der Waals surface area contributed by atoms with Crippen molar-refractivity contribution in [3.63, 3.8) is 0 Å². The lowest BCUT2D eigenvalue weighted by Gasteiger charge is -2.39. The van der Waals surface area contributed by atoms with Gasteiger partial charge in [0.1, 0.15) is 23.7 Å². The summed E-state index contributed by atoms with van der Waals surface area (Å²) >= 11 is 5.90. The van der Waals surface area contributed by atoms with E-state index in [0.717, 1.165) is 18.4 Å². The number of ether oxygens (including phenoxy) is 9. The Hall–Kier alpha value is -1.83. The van der Waals surface area contributed by atoms with Crippen molar-refractivity contribution in [2.24, 2.45) is 17.8 Å². The zero-order chi connectivity index (χ0) is 40.4. The number of hydrogen-bond acceptors (Lipinski definition) is 11. The van der Waals surface area contributed by atoms with Crippen molar-refractivity contribution in [3.05, 3.63) is 36.0 Å². The number of esters is 2. The quantitative estimate of drug-likeness (QED) is 0.0263. The van der Waals surface area contributed by atoms with Gasteiger partial charge >= 0.3 is 11.9 Å². The highest BCUT2D eigenvalue weighted by Crippen LogP contribution is 2.38. The standard InChI is InChI=1S/C42H71ClO11/c1-13-35(50-32(10)47-15-3)30(8)41-36(51-41)24-27(5)18-17-19-28(6)40-29(7)20-21-37(52-39(45)26-43)42(12,54-33(11)48-16-4)23-22-34(25-38(44)53-40)49-31(9)46-14-2/h17-21,27,29-37,40-41H,13-16,22-26H2,1-12H3/b18-17+,21-20-,28-19+. The molecule has 2 aliphatic rings. The fourth-order valence-corrected chi connectivity index (χ4v) is 7.17. The summed E-state index contributed by atoms with van der Waals surface area (Å²) in [6, 6.07) is 0. The van der Waals surface area contributed by atoms with Crippen molar-refractivity contribution in [3.8, 4) is 0 Å². The highest BCUT2D eigenvalue weighted by atomic mass is 35.5. The maximum Gasteiger partial charge on any atom is 0.321 e. The molecule has 13 unspecified atom stereocenters. The molecular weight excluding hydrogens is 716 g/mol. The van der Waals surface area contributed by atoms with E-state index in [9.17, 15) is 9.59 Å². The average molecular weight is 787 g/mol. The van der Waals surface area contributed by atoms with Crippen molar-refractivity contribution >= 4 is 23.5 Å². The fraction of sp³-hybridized carbons (Fsp3) is 0.810. The molecule has 0 aliphatic carbocycles. The second-order valence-corrected chi connectivity index (χ2v) is 15.1. The van der Waals surface area contributed by atoms with Crippen LogP contribution in [0.5, 0.6) is 0 Å². The first-order valence-corrected chi connectivity index (χ1v) is 20.6. The van der Waals surface area contributed by atoms with Gasteiger partial charge in [-0.05, 0) is 98.6 Å². The van der Waals surface area contributed by atoms with Crippen LogP contribution in [-0.4, -0.2) is 98.7 Å². The van der Waals surface area contributed by atoms with Crippen LogP contribution in [0, 0.1) is 17.8 Å². The highest BCUT2D eigenvalue weighted by Gasteiger charge is 2.46. The third-order valence-electron chi connectivity index (χ3n) is 10.0. The number of alkyl halides is 1. The molecule has 312 valence electrons. The summed E-state index contributed by atoms with van der Waals surface area (Å²) in [6.07, 6.45) is 9.47. The molecule has 1 fully saturated rings. The van der Waals surface area contributed by atoms with Crippen LogP contribution in [0.15, 0.2) is 36.0 Å². The molecule has 0 spiro atoms. The Kier molecular flexibility index (Phi) is 22.1. The average Bonchev–Trinajstić information content (AvgIpc) is 3.88. The van der Waals surface area contributed by atoms with Gasteiger partial charge in [-0.2, -0.15) is 0 Å². The summed E-state index contributed by atoms with van der Waals surface area (Å²) in [4.78, 5) is 26.2. The molecule has 0 radical (unpaired) electrons. The second-order valence-electron chi connectivity index (χ2n) is 14.8. The molecule has 0 saturated carbocycles. The van der Waals surface area contributed by atoms with Gasteiger partial charge in [-0.3, -0.25) is 9.59 Å². The van der Waals surface area contributed by atoms with Gasteiger partial charge < -0.3 is 42.6 Å². The molecule has 2 rings (SSSR count). The summed E-state index contributed by atoms with van der Waals surface area (Å²) in [7, 11) is 0. The van der Waals surface area contributed by atoms with Gasteiger partial charge in [0, 0.05) is 31.7 Å². The number of carbonyl (C=O) groups is 2. The highest BCUT2D eigenvalue weighted by molar-refractivity contribution is 6.26. The topological polar surface area (TPSA) is 121 Å². The van der Waals surface area contributed by atoms with E-state index >= 15 is 0 Å². The van der Waals surface area contributed by atoms with Crippen LogP contribution in [-0.2, 0) is 52.2 Å². The largest absolute Gasteiger partial charge is 0.457 e. The van der Waals surface area contributed by atoms with E-state index in [1.807, 2.05) is 66.7 Å². The molecule has 0 amide bonds. The molecule has 12 heteroatoms. The Balaban J connectivity index is 2.31. The van der Waals surface area contributed by atoms with Crippen molar-refractivity contribution in [2.75, 3.05) is 25.7 Å². The van der Waals surface area contributed by atoms with Crippen LogP contribution in [0.1, 0.15) is 115 Å². The third-order valence-corrected chi connectivity index (χ3v) is 10.2. The first-order chi connectivity index (χ1) is 25.6. The third kappa shape index (κ3) is 16.7. The first kappa shape index (κ1) is 48.3. The van der Waals surface area contributed by atoms with Crippen LogP contribution < -0.4 is 0 Å². The summed E-state index contributed by atoms with van der Waals surface area (Å²) in [5.74, 6) is -1.04. The molecule has 11 nitrogen and oxygen atoms in total. The van der Waals surface area contributed by atoms with Gasteiger partial charge in [-0.1, -0.05) is 52.0 Å². The minimum atomic E-state index is -1.04. The number of cyclic esters (lactones) is 1. The van der Waals surface area contributed by atoms with Crippen LogP contribution in [0.3, 0.4) is 0 Å². The van der Waals surface area contributed by atoms with E-state index in [4.69, 9.17) is 54.2 Å². The van der Waals surface area contributed by atoms with E-state index in [1.165, 1.54) is 0 Å². The molecule has 13 atom stereocenters. The van der Waals surface area contributed by atoms with Gasteiger partial charge in [0.2, 0.25) is 0 Å². The maximum atomic E-state index is 13.6. The molecular formula is C42H71ClO11. The van der Waals surface area contributed by atoms with Crippen molar-refractivity contribution in [1.29, 1.82) is 0 Å². The summed E-state index contributed by atoms with van der Waals surface area (Å²) in [6.45, 7) is 25.1. The number of epoxide rings is 1. The predicted molar refractivity (Wildman–Crippen MR) is 210 cm³/mol. The minimum Gasteiger partial charge on any atom is -0.457 e. The Morgan fingerprint density at radius 1 is 1.00 bits per heavy atom. The van der Waals surface area contributed by atoms with Crippen LogP contribution in [0.25, 0.3) is 0 Å². The number of rotatable bonds is 22. The lowest BCUT2D eigenvalue weighted by Crippen LogP contribution is -2.47. The van der Waals surface area contributed by atoms with Crippen molar-refractivity contribution in [2.45, 2.75) is 176 Å². The summed E-state index contributed by atoms with van der Waals surface area (Å²) in [5.41, 5.74) is -0.181. The lowest BCUT2D eigenvalue weighted by molar-refractivity contribution is -0.230. The SMILES string of the molecule is CCOC(C)OC1CCC(C)(OC(C)OCC)C(OC(=O)CCl)/C=C\C(C)C(/C(C)=C/C=C/C(C)CC2OC2C(C)C(CC)OC(C)OCC)OC(=O)C1. The Labute approximate surface area is 330 Å². The van der Waals surface area contributed by atoms with Gasteiger partial charge in [-0.25, -0.2) is 0 Å². The maximum absolute atomic E-state index is 13.6. The monoisotopic (exact) mass is 786 g/mol. The molecule has 1 saturated heterocycles. The molecule has 0 aromatic rings. The first-order valence-electron chi connectivity index (χ1n) is 20.1. The smallest absolute Gasteiger partial charge is 0.321 e. The van der Waals surface area contributed by atoms with Crippen LogP contribution in [0.2, 0.25) is 0 Å². The summed E-state index contributed by atoms with van der Waals surface area (Å²) in [5, 5.41) is 0. The van der Waals surface area contributed by atoms with E-state index in [1.54, 1.807) is 19.9 Å². The van der Waals surface area contributed by atoms with E-state index in [0.29, 0.717) is 32.7 Å². The van der Waals surface area contributed by atoms with E-state index in [-0.39, 0.29) is 60.6 Å². The van der Waals surface area contributed by atoms with E-state index in [2.05, 4.69) is 26.8 Å². The van der Waals surface area contributed by atoms with Crippen molar-refractivity contribution in [1.82, 2.24) is 0 Å². The lowest BCUT2D eigenvalue weighted by atomic mass is 9.88. The van der Waals surface area contributed by atoms with Gasteiger partial charge in [0.15, 0.2) is 18.9 Å². The molecule has 2 heterocycles. The number of halogens is 1. The second kappa shape index (κ2) is 24.7. The van der Waals surface area contributed by atoms with Crippen molar-refractivity contribution < 1.29 is 52.2 Å². The van der Waals surface area contributed by atoms with Crippen LogP contribution in [0.4, 0.5) is 0 Å². The Morgan fingerprint density at radius 3 is 2.28 bits per heavy atom. The predicted octanol–water partition coefficient (Wildman–Crippen LogP) is 8.46. The van der Waals surface area contributed by atoms with Crippen LogP contribution >= 0.6 is 11.6 Å². The fourth-order valence-electron chi connectivity index (χ4n) is 7.10. The Morgan fingerprint density at radius 2 is 1.65 bits per heavy atom. The molecule has 0 N–H and O–H groups in total. The van der Waals surface area contributed by atoms with Gasteiger partial charge in [0.05, 0.1) is 30.8 Å². The normalized spacial score (nSPS) is 31.0. The Bertz CT molecular complexity index is 1190. The molecule has 0 aromatic carbocycles. The zero-order valence-corrected chi connectivity index (χ0v) is 35.8.